The summed E-state index contributed by atoms with van der Waals surface area (Å²) in [6, 6.07) is 24.6. The molecule has 0 aliphatic carbocycles. The SMILES string of the molecule is CCN(C(=O)c1ccc(NC(=O)CNc2ccccc2C(C)C)cc1)c1ccccc1. The maximum absolute atomic E-state index is 12.9. The van der Waals surface area contributed by atoms with E-state index >= 15 is 0 Å². The zero-order chi connectivity index (χ0) is 22.2. The summed E-state index contributed by atoms with van der Waals surface area (Å²) in [6.07, 6.45) is 0. The van der Waals surface area contributed by atoms with E-state index in [1.807, 2.05) is 55.5 Å². The lowest BCUT2D eigenvalue weighted by atomic mass is 10.0. The zero-order valence-electron chi connectivity index (χ0n) is 18.3. The molecule has 0 aliphatic rings. The molecule has 0 atom stereocenters. The number of amides is 2. The highest BCUT2D eigenvalue weighted by molar-refractivity contribution is 6.06. The van der Waals surface area contributed by atoms with Crippen LogP contribution in [0.4, 0.5) is 17.1 Å². The van der Waals surface area contributed by atoms with Gasteiger partial charge < -0.3 is 15.5 Å². The van der Waals surface area contributed by atoms with E-state index in [9.17, 15) is 9.59 Å². The molecule has 2 N–H and O–H groups in total. The minimum absolute atomic E-state index is 0.0708. The first-order valence-corrected chi connectivity index (χ1v) is 10.6. The molecule has 3 aromatic rings. The fourth-order valence-electron chi connectivity index (χ4n) is 3.45. The first-order valence-electron chi connectivity index (χ1n) is 10.6. The van der Waals surface area contributed by atoms with Crippen molar-refractivity contribution in [1.29, 1.82) is 0 Å². The summed E-state index contributed by atoms with van der Waals surface area (Å²) < 4.78 is 0. The van der Waals surface area contributed by atoms with Crippen molar-refractivity contribution in [2.45, 2.75) is 26.7 Å². The predicted octanol–water partition coefficient (Wildman–Crippen LogP) is 5.53. The molecule has 0 aromatic heterocycles. The minimum atomic E-state index is -0.142. The second kappa shape index (κ2) is 10.4. The molecule has 31 heavy (non-hydrogen) atoms. The first-order chi connectivity index (χ1) is 15.0. The molecule has 2 amide bonds. The van der Waals surface area contributed by atoms with Crippen molar-refractivity contribution in [3.8, 4) is 0 Å². The molecule has 160 valence electrons. The fraction of sp³-hybridized carbons (Fsp3) is 0.231. The Bertz CT molecular complexity index is 1010. The van der Waals surface area contributed by atoms with Crippen molar-refractivity contribution in [3.63, 3.8) is 0 Å². The summed E-state index contributed by atoms with van der Waals surface area (Å²) in [4.78, 5) is 27.0. The van der Waals surface area contributed by atoms with E-state index in [0.29, 0.717) is 23.7 Å². The van der Waals surface area contributed by atoms with Crippen molar-refractivity contribution < 1.29 is 9.59 Å². The molecule has 0 spiro atoms. The van der Waals surface area contributed by atoms with Gasteiger partial charge in [0.25, 0.3) is 5.91 Å². The van der Waals surface area contributed by atoms with Crippen LogP contribution in [0, 0.1) is 0 Å². The van der Waals surface area contributed by atoms with Crippen LogP contribution in [0.1, 0.15) is 42.6 Å². The number of para-hydroxylation sites is 2. The van der Waals surface area contributed by atoms with Gasteiger partial charge in [-0.15, -0.1) is 0 Å². The van der Waals surface area contributed by atoms with Crippen molar-refractivity contribution in [2.24, 2.45) is 0 Å². The summed E-state index contributed by atoms with van der Waals surface area (Å²) in [5.41, 5.74) is 4.24. The van der Waals surface area contributed by atoms with Crippen LogP contribution in [-0.4, -0.2) is 24.9 Å². The van der Waals surface area contributed by atoms with E-state index in [-0.39, 0.29) is 18.4 Å². The second-order valence-electron chi connectivity index (χ2n) is 7.61. The normalized spacial score (nSPS) is 10.6. The van der Waals surface area contributed by atoms with E-state index in [1.54, 1.807) is 29.2 Å². The number of carbonyl (C=O) groups excluding carboxylic acids is 2. The third kappa shape index (κ3) is 5.72. The maximum Gasteiger partial charge on any atom is 0.258 e. The van der Waals surface area contributed by atoms with Crippen LogP contribution in [0.3, 0.4) is 0 Å². The van der Waals surface area contributed by atoms with E-state index in [0.717, 1.165) is 11.4 Å². The second-order valence-corrected chi connectivity index (χ2v) is 7.61. The number of nitrogens with zero attached hydrogens (tertiary/aromatic N) is 1. The van der Waals surface area contributed by atoms with Crippen molar-refractivity contribution in [3.05, 3.63) is 90.0 Å². The Kier molecular flexibility index (Phi) is 7.44. The molecule has 5 nitrogen and oxygen atoms in total. The Labute approximate surface area is 184 Å². The topological polar surface area (TPSA) is 61.4 Å². The van der Waals surface area contributed by atoms with Gasteiger partial charge in [-0.25, -0.2) is 0 Å². The van der Waals surface area contributed by atoms with Crippen LogP contribution in [0.5, 0.6) is 0 Å². The molecule has 0 bridgehead atoms. The predicted molar refractivity (Wildman–Crippen MR) is 128 cm³/mol. The Morgan fingerprint density at radius 1 is 0.871 bits per heavy atom. The van der Waals surface area contributed by atoms with Crippen LogP contribution in [0.25, 0.3) is 0 Å². The van der Waals surface area contributed by atoms with Gasteiger partial charge in [0.15, 0.2) is 0 Å². The highest BCUT2D eigenvalue weighted by Gasteiger charge is 2.16. The number of hydrogen-bond donors (Lipinski definition) is 2. The van der Waals surface area contributed by atoms with Gasteiger partial charge >= 0.3 is 0 Å². The fourth-order valence-corrected chi connectivity index (χ4v) is 3.45. The molecule has 0 saturated heterocycles. The van der Waals surface area contributed by atoms with Crippen LogP contribution in [-0.2, 0) is 4.79 Å². The summed E-state index contributed by atoms with van der Waals surface area (Å²) in [5.74, 6) is 0.158. The minimum Gasteiger partial charge on any atom is -0.376 e. The van der Waals surface area contributed by atoms with E-state index < -0.39 is 0 Å². The highest BCUT2D eigenvalue weighted by atomic mass is 16.2. The summed E-state index contributed by atoms with van der Waals surface area (Å²) >= 11 is 0. The van der Waals surface area contributed by atoms with E-state index in [4.69, 9.17) is 0 Å². The van der Waals surface area contributed by atoms with Crippen LogP contribution in [0.15, 0.2) is 78.9 Å². The average Bonchev–Trinajstić information content (AvgIpc) is 2.79. The van der Waals surface area contributed by atoms with E-state index in [2.05, 4.69) is 30.5 Å². The Hall–Kier alpha value is -3.60. The molecule has 0 radical (unpaired) electrons. The maximum atomic E-state index is 12.9. The lowest BCUT2D eigenvalue weighted by molar-refractivity contribution is -0.114. The van der Waals surface area contributed by atoms with Crippen molar-refractivity contribution in [1.82, 2.24) is 0 Å². The molecular weight excluding hydrogens is 386 g/mol. The Morgan fingerprint density at radius 2 is 1.52 bits per heavy atom. The molecule has 0 fully saturated rings. The zero-order valence-corrected chi connectivity index (χ0v) is 18.3. The highest BCUT2D eigenvalue weighted by Crippen LogP contribution is 2.23. The molecule has 3 aromatic carbocycles. The van der Waals surface area contributed by atoms with Gasteiger partial charge in [-0.2, -0.15) is 0 Å². The standard InChI is InChI=1S/C26H29N3O2/c1-4-29(22-10-6-5-7-11-22)26(31)20-14-16-21(17-15-20)28-25(30)18-27-24-13-9-8-12-23(24)19(2)3/h5-17,19,27H,4,18H2,1-3H3,(H,28,30). The summed E-state index contributed by atoms with van der Waals surface area (Å²) in [7, 11) is 0. The lowest BCUT2D eigenvalue weighted by Crippen LogP contribution is -2.30. The van der Waals surface area contributed by atoms with Crippen LogP contribution < -0.4 is 15.5 Å². The number of hydrogen-bond acceptors (Lipinski definition) is 3. The first kappa shape index (κ1) is 22.1. The van der Waals surface area contributed by atoms with Crippen LogP contribution in [0.2, 0.25) is 0 Å². The van der Waals surface area contributed by atoms with Crippen molar-refractivity contribution in [2.75, 3.05) is 28.6 Å². The summed E-state index contributed by atoms with van der Waals surface area (Å²) in [6.45, 7) is 6.94. The third-order valence-electron chi connectivity index (χ3n) is 5.07. The molecule has 0 unspecified atom stereocenters. The smallest absolute Gasteiger partial charge is 0.258 e. The largest absolute Gasteiger partial charge is 0.376 e. The number of rotatable bonds is 8. The van der Waals surface area contributed by atoms with Gasteiger partial charge in [-0.3, -0.25) is 9.59 Å². The molecular formula is C26H29N3O2. The van der Waals surface area contributed by atoms with Crippen molar-refractivity contribution >= 4 is 28.9 Å². The number of carbonyl (C=O) groups is 2. The molecule has 5 heteroatoms. The van der Waals surface area contributed by atoms with Gasteiger partial charge in [0.2, 0.25) is 5.91 Å². The number of nitrogens with one attached hydrogen (secondary N) is 2. The van der Waals surface area contributed by atoms with Gasteiger partial charge in [-0.1, -0.05) is 50.2 Å². The number of benzene rings is 3. The van der Waals surface area contributed by atoms with Gasteiger partial charge in [0.1, 0.15) is 0 Å². The van der Waals surface area contributed by atoms with E-state index in [1.165, 1.54) is 5.56 Å². The quantitative estimate of drug-likeness (QED) is 0.509. The average molecular weight is 416 g/mol. The molecule has 3 rings (SSSR count). The number of anilines is 3. The Morgan fingerprint density at radius 3 is 2.16 bits per heavy atom. The third-order valence-corrected chi connectivity index (χ3v) is 5.07. The molecule has 0 saturated carbocycles. The monoisotopic (exact) mass is 415 g/mol. The molecule has 0 aliphatic heterocycles. The van der Waals surface area contributed by atoms with Gasteiger partial charge in [-0.05, 0) is 60.9 Å². The molecule has 0 heterocycles. The lowest BCUT2D eigenvalue weighted by Gasteiger charge is -2.21. The van der Waals surface area contributed by atoms with Gasteiger partial charge in [0.05, 0.1) is 6.54 Å². The van der Waals surface area contributed by atoms with Crippen LogP contribution >= 0.6 is 0 Å². The summed E-state index contributed by atoms with van der Waals surface area (Å²) in [5, 5.41) is 6.09. The van der Waals surface area contributed by atoms with Gasteiger partial charge in [0, 0.05) is 29.2 Å². The Balaban J connectivity index is 1.60.